The van der Waals surface area contributed by atoms with E-state index in [0.29, 0.717) is 22.2 Å². The van der Waals surface area contributed by atoms with Crippen LogP contribution in [-0.2, 0) is 0 Å². The van der Waals surface area contributed by atoms with Crippen molar-refractivity contribution in [3.05, 3.63) is 60.2 Å². The Labute approximate surface area is 113 Å². The topological polar surface area (TPSA) is 63.1 Å². The number of aromatic carboxylic acids is 1. The number of hydrogen-bond acceptors (Lipinski definition) is 3. The van der Waals surface area contributed by atoms with Crippen molar-refractivity contribution in [3.63, 3.8) is 0 Å². The van der Waals surface area contributed by atoms with Crippen LogP contribution in [-0.4, -0.2) is 21.0 Å². The number of rotatable bonds is 2. The van der Waals surface area contributed by atoms with E-state index in [2.05, 4.69) is 9.97 Å². The quantitative estimate of drug-likeness (QED) is 0.775. The Bertz CT molecular complexity index is 804. The van der Waals surface area contributed by atoms with E-state index < -0.39 is 11.8 Å². The van der Waals surface area contributed by atoms with Gasteiger partial charge >= 0.3 is 5.97 Å². The maximum absolute atomic E-state index is 13.3. The molecule has 20 heavy (non-hydrogen) atoms. The van der Waals surface area contributed by atoms with Crippen LogP contribution in [0.4, 0.5) is 4.39 Å². The fraction of sp³-hybridized carbons (Fsp3) is 0. The third-order valence-electron chi connectivity index (χ3n) is 2.96. The Kier molecular flexibility index (Phi) is 2.87. The molecule has 0 amide bonds. The van der Waals surface area contributed by atoms with Gasteiger partial charge < -0.3 is 5.11 Å². The van der Waals surface area contributed by atoms with Gasteiger partial charge in [0.1, 0.15) is 5.82 Å². The molecule has 0 unspecified atom stereocenters. The van der Waals surface area contributed by atoms with Crippen LogP contribution in [0.15, 0.2) is 48.8 Å². The molecule has 0 aliphatic rings. The van der Waals surface area contributed by atoms with Crippen LogP contribution in [0.2, 0.25) is 0 Å². The first-order valence-electron chi connectivity index (χ1n) is 5.89. The molecule has 3 rings (SSSR count). The number of nitrogens with zero attached hydrogens (tertiary/aromatic N) is 2. The third-order valence-corrected chi connectivity index (χ3v) is 2.96. The molecule has 0 saturated heterocycles. The number of fused-ring (bicyclic) bond motifs is 1. The Morgan fingerprint density at radius 2 is 2.05 bits per heavy atom. The first-order valence-corrected chi connectivity index (χ1v) is 5.89. The molecule has 0 aliphatic heterocycles. The van der Waals surface area contributed by atoms with Crippen molar-refractivity contribution in [2.75, 3.05) is 0 Å². The molecule has 2 heterocycles. The van der Waals surface area contributed by atoms with E-state index >= 15 is 0 Å². The number of aromatic nitrogens is 2. The summed E-state index contributed by atoms with van der Waals surface area (Å²) in [5.74, 6) is -1.53. The summed E-state index contributed by atoms with van der Waals surface area (Å²) in [5, 5.41) is 9.70. The lowest BCUT2D eigenvalue weighted by Crippen LogP contribution is -2.00. The van der Waals surface area contributed by atoms with Gasteiger partial charge in [0.25, 0.3) is 0 Å². The highest BCUT2D eigenvalue weighted by Crippen LogP contribution is 2.25. The molecule has 0 bridgehead atoms. The van der Waals surface area contributed by atoms with Gasteiger partial charge in [-0.15, -0.1) is 0 Å². The molecular weight excluding hydrogens is 259 g/mol. The molecule has 3 aromatic rings. The second kappa shape index (κ2) is 4.70. The highest BCUT2D eigenvalue weighted by molar-refractivity contribution is 6.03. The molecule has 0 radical (unpaired) electrons. The number of carboxylic acid groups (broad SMARTS) is 1. The van der Waals surface area contributed by atoms with E-state index in [0.717, 1.165) is 0 Å². The van der Waals surface area contributed by atoms with E-state index in [4.69, 9.17) is 0 Å². The van der Waals surface area contributed by atoms with Crippen molar-refractivity contribution in [1.82, 2.24) is 9.97 Å². The number of halogens is 1. The molecule has 1 aromatic carbocycles. The van der Waals surface area contributed by atoms with Crippen LogP contribution >= 0.6 is 0 Å². The van der Waals surface area contributed by atoms with Gasteiger partial charge in [0.15, 0.2) is 0 Å². The van der Waals surface area contributed by atoms with Crippen molar-refractivity contribution < 1.29 is 14.3 Å². The summed E-state index contributed by atoms with van der Waals surface area (Å²) in [7, 11) is 0. The predicted octanol–water partition coefficient (Wildman–Crippen LogP) is 3.13. The summed E-state index contributed by atoms with van der Waals surface area (Å²) in [6.07, 6.45) is 3.20. The summed E-state index contributed by atoms with van der Waals surface area (Å²) < 4.78 is 13.3. The van der Waals surface area contributed by atoms with Crippen LogP contribution in [0, 0.1) is 5.82 Å². The van der Waals surface area contributed by atoms with Crippen LogP contribution in [0.3, 0.4) is 0 Å². The number of hydrogen-bond donors (Lipinski definition) is 1. The molecule has 0 saturated carbocycles. The Morgan fingerprint density at radius 3 is 2.75 bits per heavy atom. The molecule has 98 valence electrons. The SMILES string of the molecule is O=C(O)c1cc(-c2cccnc2)nc2cc(F)ccc12. The van der Waals surface area contributed by atoms with Crippen molar-refractivity contribution in [2.45, 2.75) is 0 Å². The number of benzene rings is 1. The van der Waals surface area contributed by atoms with Gasteiger partial charge in [-0.05, 0) is 30.3 Å². The number of carboxylic acids is 1. The number of pyridine rings is 2. The molecule has 4 nitrogen and oxygen atoms in total. The van der Waals surface area contributed by atoms with Crippen LogP contribution < -0.4 is 0 Å². The van der Waals surface area contributed by atoms with Crippen LogP contribution in [0.1, 0.15) is 10.4 Å². The van der Waals surface area contributed by atoms with Gasteiger partial charge in [0, 0.05) is 29.4 Å². The standard InChI is InChI=1S/C15H9FN2O2/c16-10-3-4-11-12(15(19)20)7-13(18-14(11)6-10)9-2-1-5-17-8-9/h1-8H,(H,19,20). The average Bonchev–Trinajstić information content (AvgIpc) is 2.46. The first-order chi connectivity index (χ1) is 9.65. The van der Waals surface area contributed by atoms with E-state index in [1.807, 2.05) is 0 Å². The summed E-state index contributed by atoms with van der Waals surface area (Å²) >= 11 is 0. The van der Waals surface area contributed by atoms with Crippen molar-refractivity contribution in [1.29, 1.82) is 0 Å². The van der Waals surface area contributed by atoms with E-state index in [9.17, 15) is 14.3 Å². The second-order valence-corrected chi connectivity index (χ2v) is 4.26. The van der Waals surface area contributed by atoms with E-state index in [1.165, 1.54) is 24.3 Å². The molecule has 0 spiro atoms. The Balaban J connectivity index is 2.32. The van der Waals surface area contributed by atoms with Gasteiger partial charge in [-0.3, -0.25) is 4.98 Å². The minimum absolute atomic E-state index is 0.0915. The number of carbonyl (C=O) groups is 1. The first kappa shape index (κ1) is 12.2. The summed E-state index contributed by atoms with van der Waals surface area (Å²) in [5.41, 5.74) is 1.53. The molecule has 1 N–H and O–H groups in total. The van der Waals surface area contributed by atoms with Gasteiger partial charge in [-0.2, -0.15) is 0 Å². The molecule has 5 heteroatoms. The largest absolute Gasteiger partial charge is 0.478 e. The van der Waals surface area contributed by atoms with Gasteiger partial charge in [0.2, 0.25) is 0 Å². The lowest BCUT2D eigenvalue weighted by atomic mass is 10.1. The fourth-order valence-electron chi connectivity index (χ4n) is 2.04. The highest BCUT2D eigenvalue weighted by atomic mass is 19.1. The third kappa shape index (κ3) is 2.09. The Morgan fingerprint density at radius 1 is 1.20 bits per heavy atom. The van der Waals surface area contributed by atoms with Crippen molar-refractivity contribution in [3.8, 4) is 11.3 Å². The molecule has 0 aliphatic carbocycles. The Hall–Kier alpha value is -2.82. The lowest BCUT2D eigenvalue weighted by Gasteiger charge is -2.06. The van der Waals surface area contributed by atoms with Crippen molar-refractivity contribution >= 4 is 16.9 Å². The highest BCUT2D eigenvalue weighted by Gasteiger charge is 2.13. The summed E-state index contributed by atoms with van der Waals surface area (Å²) in [4.78, 5) is 19.6. The second-order valence-electron chi connectivity index (χ2n) is 4.26. The lowest BCUT2D eigenvalue weighted by molar-refractivity contribution is 0.0699. The molecular formula is C15H9FN2O2. The average molecular weight is 268 g/mol. The maximum Gasteiger partial charge on any atom is 0.336 e. The van der Waals surface area contributed by atoms with Gasteiger partial charge in [-0.25, -0.2) is 14.2 Å². The van der Waals surface area contributed by atoms with Crippen LogP contribution in [0.5, 0.6) is 0 Å². The smallest absolute Gasteiger partial charge is 0.336 e. The minimum atomic E-state index is -1.07. The normalized spacial score (nSPS) is 10.7. The summed E-state index contributed by atoms with van der Waals surface area (Å²) in [6.45, 7) is 0. The molecule has 0 atom stereocenters. The minimum Gasteiger partial charge on any atom is -0.478 e. The zero-order valence-electron chi connectivity index (χ0n) is 10.2. The molecule has 0 fully saturated rings. The van der Waals surface area contributed by atoms with Crippen LogP contribution in [0.25, 0.3) is 22.2 Å². The monoisotopic (exact) mass is 268 g/mol. The fourth-order valence-corrected chi connectivity index (χ4v) is 2.04. The van der Waals surface area contributed by atoms with Crippen molar-refractivity contribution in [2.24, 2.45) is 0 Å². The van der Waals surface area contributed by atoms with Gasteiger partial charge in [0.05, 0.1) is 16.8 Å². The zero-order valence-corrected chi connectivity index (χ0v) is 10.2. The zero-order chi connectivity index (χ0) is 14.1. The van der Waals surface area contributed by atoms with E-state index in [1.54, 1.807) is 24.5 Å². The maximum atomic E-state index is 13.3. The van der Waals surface area contributed by atoms with Gasteiger partial charge in [-0.1, -0.05) is 0 Å². The molecule has 2 aromatic heterocycles. The predicted molar refractivity (Wildman–Crippen MR) is 71.9 cm³/mol. The van der Waals surface area contributed by atoms with E-state index in [-0.39, 0.29) is 5.56 Å². The summed E-state index contributed by atoms with van der Waals surface area (Å²) in [6, 6.07) is 8.84.